The Hall–Kier alpha value is -1.06. The molecule has 0 saturated carbocycles. The number of ether oxygens (including phenoxy) is 1. The molecule has 4 heteroatoms. The minimum absolute atomic E-state index is 0.248. The molecule has 0 aromatic heterocycles. The Bertz CT molecular complexity index is 613. The fraction of sp³-hybridized carbons (Fsp3) is 0.250. The molecule has 0 heterocycles. The van der Waals surface area contributed by atoms with E-state index in [2.05, 4.69) is 29.8 Å². The van der Waals surface area contributed by atoms with Crippen molar-refractivity contribution in [3.8, 4) is 5.75 Å². The number of hydrogen-bond donors (Lipinski definition) is 0. The third-order valence-corrected chi connectivity index (χ3v) is 3.85. The molecule has 0 N–H and O–H groups in total. The Morgan fingerprint density at radius 2 is 1.95 bits per heavy atom. The van der Waals surface area contributed by atoms with Crippen LogP contribution in [0.2, 0.25) is 5.02 Å². The molecule has 0 saturated heterocycles. The summed E-state index contributed by atoms with van der Waals surface area (Å²) in [5.41, 5.74) is 1.75. The van der Waals surface area contributed by atoms with Gasteiger partial charge >= 0.3 is 0 Å². The van der Waals surface area contributed by atoms with Gasteiger partial charge in [0, 0.05) is 15.1 Å². The van der Waals surface area contributed by atoms with Crippen LogP contribution in [0, 0.1) is 5.82 Å². The third kappa shape index (κ3) is 3.74. The molecule has 0 bridgehead atoms. The van der Waals surface area contributed by atoms with E-state index in [4.69, 9.17) is 16.3 Å². The zero-order chi connectivity index (χ0) is 14.7. The largest absolute Gasteiger partial charge is 0.489 e. The van der Waals surface area contributed by atoms with Crippen molar-refractivity contribution in [1.82, 2.24) is 0 Å². The first-order valence-corrected chi connectivity index (χ1v) is 7.50. The van der Waals surface area contributed by atoms with Crippen molar-refractivity contribution in [3.05, 3.63) is 62.8 Å². The van der Waals surface area contributed by atoms with Gasteiger partial charge in [-0.2, -0.15) is 0 Å². The summed E-state index contributed by atoms with van der Waals surface area (Å²) in [4.78, 5) is 0. The van der Waals surface area contributed by atoms with Gasteiger partial charge in [-0.15, -0.1) is 0 Å². The van der Waals surface area contributed by atoms with Gasteiger partial charge in [-0.1, -0.05) is 41.4 Å². The number of hydrogen-bond acceptors (Lipinski definition) is 1. The van der Waals surface area contributed by atoms with Gasteiger partial charge in [0.15, 0.2) is 0 Å². The van der Waals surface area contributed by atoms with Crippen molar-refractivity contribution in [1.29, 1.82) is 0 Å². The molecule has 0 radical (unpaired) electrons. The lowest BCUT2D eigenvalue weighted by atomic mass is 10.0. The molecular weight excluding hydrogens is 343 g/mol. The topological polar surface area (TPSA) is 9.23 Å². The summed E-state index contributed by atoms with van der Waals surface area (Å²) in [6.45, 7) is 4.45. The molecule has 0 aliphatic carbocycles. The first-order chi connectivity index (χ1) is 9.47. The third-order valence-electron chi connectivity index (χ3n) is 2.98. The van der Waals surface area contributed by atoms with E-state index < -0.39 is 0 Å². The molecule has 1 nitrogen and oxygen atoms in total. The summed E-state index contributed by atoms with van der Waals surface area (Å²) < 4.78 is 20.0. The minimum atomic E-state index is -0.312. The second-order valence-electron chi connectivity index (χ2n) is 4.86. The summed E-state index contributed by atoms with van der Waals surface area (Å²) in [6, 6.07) is 10.1. The van der Waals surface area contributed by atoms with Crippen LogP contribution in [0.5, 0.6) is 5.75 Å². The normalized spacial score (nSPS) is 10.9. The highest BCUT2D eigenvalue weighted by Crippen LogP contribution is 2.30. The zero-order valence-corrected chi connectivity index (χ0v) is 13.6. The highest BCUT2D eigenvalue weighted by molar-refractivity contribution is 9.10. The van der Waals surface area contributed by atoms with Gasteiger partial charge in [0.05, 0.1) is 0 Å². The summed E-state index contributed by atoms with van der Waals surface area (Å²) in [6.07, 6.45) is 0. The van der Waals surface area contributed by atoms with E-state index in [0.29, 0.717) is 16.5 Å². The molecule has 0 amide bonds. The van der Waals surface area contributed by atoms with Crippen LogP contribution in [0.1, 0.15) is 30.9 Å². The van der Waals surface area contributed by atoms with Crippen molar-refractivity contribution in [3.63, 3.8) is 0 Å². The molecule has 20 heavy (non-hydrogen) atoms. The van der Waals surface area contributed by atoms with Gasteiger partial charge in [-0.25, -0.2) is 4.39 Å². The van der Waals surface area contributed by atoms with E-state index in [9.17, 15) is 4.39 Å². The first kappa shape index (κ1) is 15.3. The summed E-state index contributed by atoms with van der Waals surface area (Å²) in [5.74, 6) is 0.821. The quantitative estimate of drug-likeness (QED) is 0.657. The number of rotatable bonds is 4. The molecule has 0 spiro atoms. The van der Waals surface area contributed by atoms with E-state index in [-0.39, 0.29) is 12.4 Å². The van der Waals surface area contributed by atoms with E-state index in [1.807, 2.05) is 18.2 Å². The van der Waals surface area contributed by atoms with Gasteiger partial charge < -0.3 is 4.74 Å². The maximum Gasteiger partial charge on any atom is 0.123 e. The van der Waals surface area contributed by atoms with Crippen LogP contribution in [0.15, 0.2) is 40.9 Å². The second kappa shape index (κ2) is 6.59. The predicted molar refractivity (Wildman–Crippen MR) is 84.0 cm³/mol. The molecule has 0 atom stereocenters. The zero-order valence-electron chi connectivity index (χ0n) is 11.3. The van der Waals surface area contributed by atoms with E-state index in [1.54, 1.807) is 6.07 Å². The van der Waals surface area contributed by atoms with Crippen molar-refractivity contribution < 1.29 is 9.13 Å². The molecule has 2 aromatic rings. The predicted octanol–water partition coefficient (Wildman–Crippen LogP) is 5.94. The summed E-state index contributed by atoms with van der Waals surface area (Å²) >= 11 is 9.49. The Morgan fingerprint density at radius 1 is 1.20 bits per heavy atom. The Balaban J connectivity index is 2.20. The van der Waals surface area contributed by atoms with Crippen molar-refractivity contribution >= 4 is 27.5 Å². The molecule has 0 aliphatic heterocycles. The minimum Gasteiger partial charge on any atom is -0.489 e. The highest BCUT2D eigenvalue weighted by atomic mass is 79.9. The van der Waals surface area contributed by atoms with Crippen LogP contribution in [0.3, 0.4) is 0 Å². The molecule has 106 valence electrons. The SMILES string of the molecule is CC(C)c1cc(Br)ccc1OCc1cc(F)ccc1Cl. The average molecular weight is 358 g/mol. The van der Waals surface area contributed by atoms with Crippen LogP contribution < -0.4 is 4.74 Å². The molecule has 0 unspecified atom stereocenters. The maximum atomic E-state index is 13.2. The van der Waals surface area contributed by atoms with E-state index in [1.165, 1.54) is 12.1 Å². The van der Waals surface area contributed by atoms with Gasteiger partial charge in [0.1, 0.15) is 18.2 Å². The fourth-order valence-electron chi connectivity index (χ4n) is 1.91. The van der Waals surface area contributed by atoms with Crippen LogP contribution >= 0.6 is 27.5 Å². The van der Waals surface area contributed by atoms with Gasteiger partial charge in [0.25, 0.3) is 0 Å². The second-order valence-corrected chi connectivity index (χ2v) is 6.18. The van der Waals surface area contributed by atoms with E-state index >= 15 is 0 Å². The van der Waals surface area contributed by atoms with Crippen LogP contribution in [-0.4, -0.2) is 0 Å². The van der Waals surface area contributed by atoms with Gasteiger partial charge in [-0.05, 0) is 47.9 Å². The number of halogens is 3. The molecule has 0 aliphatic rings. The smallest absolute Gasteiger partial charge is 0.123 e. The lowest BCUT2D eigenvalue weighted by Crippen LogP contribution is -2.01. The lowest BCUT2D eigenvalue weighted by molar-refractivity contribution is 0.301. The standard InChI is InChI=1S/C16H15BrClFO/c1-10(2)14-8-12(17)3-6-16(14)20-9-11-7-13(19)4-5-15(11)18/h3-8,10H,9H2,1-2H3. The van der Waals surface area contributed by atoms with Gasteiger partial charge in [-0.3, -0.25) is 0 Å². The monoisotopic (exact) mass is 356 g/mol. The summed E-state index contributed by atoms with van der Waals surface area (Å²) in [7, 11) is 0. The summed E-state index contributed by atoms with van der Waals surface area (Å²) in [5, 5.41) is 0.509. The van der Waals surface area contributed by atoms with E-state index in [0.717, 1.165) is 15.8 Å². The Kier molecular flexibility index (Phi) is 5.06. The maximum absolute atomic E-state index is 13.2. The molecule has 2 aromatic carbocycles. The lowest BCUT2D eigenvalue weighted by Gasteiger charge is -2.15. The van der Waals surface area contributed by atoms with Crippen molar-refractivity contribution in [2.24, 2.45) is 0 Å². The molecule has 2 rings (SSSR count). The first-order valence-electron chi connectivity index (χ1n) is 6.33. The van der Waals surface area contributed by atoms with Crippen LogP contribution in [0.4, 0.5) is 4.39 Å². The fourth-order valence-corrected chi connectivity index (χ4v) is 2.46. The van der Waals surface area contributed by atoms with Crippen LogP contribution in [-0.2, 0) is 6.61 Å². The molecular formula is C16H15BrClFO. The Morgan fingerprint density at radius 3 is 2.65 bits per heavy atom. The van der Waals surface area contributed by atoms with Crippen molar-refractivity contribution in [2.75, 3.05) is 0 Å². The van der Waals surface area contributed by atoms with Crippen LogP contribution in [0.25, 0.3) is 0 Å². The van der Waals surface area contributed by atoms with Crippen molar-refractivity contribution in [2.45, 2.75) is 26.4 Å². The van der Waals surface area contributed by atoms with Gasteiger partial charge in [0.2, 0.25) is 0 Å². The molecule has 0 fully saturated rings. The highest BCUT2D eigenvalue weighted by Gasteiger charge is 2.10. The Labute approximate surface area is 131 Å². The average Bonchev–Trinajstić information content (AvgIpc) is 2.40. The number of benzene rings is 2.